The van der Waals surface area contributed by atoms with Crippen molar-refractivity contribution in [3.63, 3.8) is 0 Å². The highest BCUT2D eigenvalue weighted by molar-refractivity contribution is 5.96. The summed E-state index contributed by atoms with van der Waals surface area (Å²) in [6, 6.07) is 7.19. The van der Waals surface area contributed by atoms with E-state index in [1.54, 1.807) is 39.1 Å². The van der Waals surface area contributed by atoms with Crippen LogP contribution in [0.3, 0.4) is 0 Å². The fourth-order valence-corrected chi connectivity index (χ4v) is 2.04. The Bertz CT molecular complexity index is 690. The second kappa shape index (κ2) is 7.44. The van der Waals surface area contributed by atoms with Crippen molar-refractivity contribution in [1.29, 1.82) is 0 Å². The zero-order valence-electron chi connectivity index (χ0n) is 13.3. The van der Waals surface area contributed by atoms with Gasteiger partial charge >= 0.3 is 0 Å². The van der Waals surface area contributed by atoms with Crippen molar-refractivity contribution in [3.05, 3.63) is 46.8 Å². The molecule has 0 aliphatic heterocycles. The van der Waals surface area contributed by atoms with Gasteiger partial charge in [-0.3, -0.25) is 9.59 Å². The first-order valence-corrected chi connectivity index (χ1v) is 7.14. The maximum absolute atomic E-state index is 12.2. The summed E-state index contributed by atoms with van der Waals surface area (Å²) in [5.74, 6) is 0.611. The zero-order valence-corrected chi connectivity index (χ0v) is 13.3. The first-order valence-electron chi connectivity index (χ1n) is 7.14. The van der Waals surface area contributed by atoms with Crippen LogP contribution >= 0.6 is 0 Å². The molecule has 0 unspecified atom stereocenters. The number of carbonyl (C=O) groups is 2. The minimum absolute atomic E-state index is 0.0502. The Morgan fingerprint density at radius 1 is 1.30 bits per heavy atom. The molecule has 0 saturated heterocycles. The molecule has 0 aliphatic rings. The topological polar surface area (TPSA) is 93.5 Å². The van der Waals surface area contributed by atoms with Crippen molar-refractivity contribution >= 4 is 11.8 Å². The zero-order chi connectivity index (χ0) is 16.8. The minimum Gasteiger partial charge on any atom is -0.484 e. The number of benzene rings is 1. The molecule has 7 heteroatoms. The highest BCUT2D eigenvalue weighted by Gasteiger charge is 2.16. The summed E-state index contributed by atoms with van der Waals surface area (Å²) < 4.78 is 10.4. The molecule has 0 aliphatic carbocycles. The quantitative estimate of drug-likeness (QED) is 0.839. The Kier molecular flexibility index (Phi) is 5.35. The fourth-order valence-electron chi connectivity index (χ4n) is 2.04. The van der Waals surface area contributed by atoms with Crippen LogP contribution in [0.5, 0.6) is 5.75 Å². The molecule has 2 N–H and O–H groups in total. The van der Waals surface area contributed by atoms with Gasteiger partial charge in [-0.15, -0.1) is 0 Å². The molecule has 1 heterocycles. The molecule has 0 atom stereocenters. The normalized spacial score (nSPS) is 10.2. The molecule has 2 amide bonds. The Balaban J connectivity index is 1.95. The molecule has 0 spiro atoms. The summed E-state index contributed by atoms with van der Waals surface area (Å²) in [5.41, 5.74) is 1.87. The Morgan fingerprint density at radius 3 is 2.74 bits per heavy atom. The van der Waals surface area contributed by atoms with Gasteiger partial charge in [-0.25, -0.2) is 0 Å². The summed E-state index contributed by atoms with van der Waals surface area (Å²) in [7, 11) is 1.55. The van der Waals surface area contributed by atoms with Crippen LogP contribution < -0.4 is 15.4 Å². The Labute approximate surface area is 134 Å². The summed E-state index contributed by atoms with van der Waals surface area (Å²) >= 11 is 0. The third-order valence-electron chi connectivity index (χ3n) is 3.26. The molecule has 0 fully saturated rings. The summed E-state index contributed by atoms with van der Waals surface area (Å²) in [4.78, 5) is 23.3. The lowest BCUT2D eigenvalue weighted by Gasteiger charge is -2.08. The van der Waals surface area contributed by atoms with Crippen LogP contribution in [0.1, 0.15) is 27.4 Å². The second-order valence-corrected chi connectivity index (χ2v) is 4.99. The second-order valence-electron chi connectivity index (χ2n) is 4.99. The SMILES string of the molecule is CNC(=O)COc1cccc(CNC(=O)c2c(C)noc2C)c1. The maximum atomic E-state index is 12.2. The van der Waals surface area contributed by atoms with Gasteiger partial charge in [-0.2, -0.15) is 0 Å². The van der Waals surface area contributed by atoms with Crippen LogP contribution in [-0.4, -0.2) is 30.6 Å². The number of amides is 2. The molecule has 0 saturated carbocycles. The number of hydrogen-bond donors (Lipinski definition) is 2. The monoisotopic (exact) mass is 317 g/mol. The number of carbonyl (C=O) groups excluding carboxylic acids is 2. The number of aryl methyl sites for hydroxylation is 2. The van der Waals surface area contributed by atoms with Gasteiger partial charge < -0.3 is 19.9 Å². The van der Waals surface area contributed by atoms with E-state index < -0.39 is 0 Å². The molecule has 7 nitrogen and oxygen atoms in total. The van der Waals surface area contributed by atoms with Crippen molar-refractivity contribution in [1.82, 2.24) is 15.8 Å². The number of rotatable bonds is 6. The van der Waals surface area contributed by atoms with Crippen LogP contribution in [-0.2, 0) is 11.3 Å². The van der Waals surface area contributed by atoms with Gasteiger partial charge in [0.05, 0.1) is 5.69 Å². The summed E-state index contributed by atoms with van der Waals surface area (Å²) in [6.07, 6.45) is 0. The fraction of sp³-hybridized carbons (Fsp3) is 0.312. The maximum Gasteiger partial charge on any atom is 0.257 e. The molecule has 1 aromatic carbocycles. The van der Waals surface area contributed by atoms with Crippen molar-refractivity contribution in [3.8, 4) is 5.75 Å². The first kappa shape index (κ1) is 16.5. The van der Waals surface area contributed by atoms with Gasteiger partial charge in [0.25, 0.3) is 11.8 Å². The largest absolute Gasteiger partial charge is 0.484 e. The van der Waals surface area contributed by atoms with Crippen LogP contribution in [0.2, 0.25) is 0 Å². The highest BCUT2D eigenvalue weighted by atomic mass is 16.5. The molecule has 0 bridgehead atoms. The average molecular weight is 317 g/mol. The standard InChI is InChI=1S/C16H19N3O4/c1-10-15(11(2)23-19-10)16(21)18-8-12-5-4-6-13(7-12)22-9-14(20)17-3/h4-7H,8-9H2,1-3H3,(H,17,20)(H,18,21). The van der Waals surface area contributed by atoms with E-state index in [2.05, 4.69) is 15.8 Å². The van der Waals surface area contributed by atoms with Crippen molar-refractivity contribution in [2.24, 2.45) is 0 Å². The number of likely N-dealkylation sites (N-methyl/N-ethyl adjacent to an activating group) is 1. The lowest BCUT2D eigenvalue weighted by Crippen LogP contribution is -2.25. The molecule has 0 radical (unpaired) electrons. The molecular formula is C16H19N3O4. The van der Waals surface area contributed by atoms with Gasteiger partial charge in [-0.05, 0) is 31.5 Å². The predicted molar refractivity (Wildman–Crippen MR) is 83.2 cm³/mol. The van der Waals surface area contributed by atoms with Crippen molar-refractivity contribution in [2.75, 3.05) is 13.7 Å². The number of ether oxygens (including phenoxy) is 1. The summed E-state index contributed by atoms with van der Waals surface area (Å²) in [6.45, 7) is 3.70. The van der Waals surface area contributed by atoms with Gasteiger partial charge in [0.1, 0.15) is 17.1 Å². The average Bonchev–Trinajstić information content (AvgIpc) is 2.89. The van der Waals surface area contributed by atoms with Crippen LogP contribution in [0.25, 0.3) is 0 Å². The van der Waals surface area contributed by atoms with Gasteiger partial charge in [0.15, 0.2) is 6.61 Å². The van der Waals surface area contributed by atoms with E-state index in [9.17, 15) is 9.59 Å². The van der Waals surface area contributed by atoms with E-state index >= 15 is 0 Å². The van der Waals surface area contributed by atoms with Crippen molar-refractivity contribution < 1.29 is 18.8 Å². The Hall–Kier alpha value is -2.83. The lowest BCUT2D eigenvalue weighted by molar-refractivity contribution is -0.122. The van der Waals surface area contributed by atoms with Crippen LogP contribution in [0, 0.1) is 13.8 Å². The predicted octanol–water partition coefficient (Wildman–Crippen LogP) is 1.35. The molecular weight excluding hydrogens is 298 g/mol. The molecule has 1 aromatic heterocycles. The van der Waals surface area contributed by atoms with E-state index in [1.807, 2.05) is 6.07 Å². The van der Waals surface area contributed by atoms with E-state index in [0.29, 0.717) is 29.3 Å². The van der Waals surface area contributed by atoms with E-state index in [4.69, 9.17) is 9.26 Å². The lowest BCUT2D eigenvalue weighted by atomic mass is 10.1. The number of nitrogens with one attached hydrogen (secondary N) is 2. The highest BCUT2D eigenvalue weighted by Crippen LogP contribution is 2.15. The third kappa shape index (κ3) is 4.32. The number of nitrogens with zero attached hydrogens (tertiary/aromatic N) is 1. The molecule has 2 aromatic rings. The number of hydrogen-bond acceptors (Lipinski definition) is 5. The van der Waals surface area contributed by atoms with E-state index in [1.165, 1.54) is 0 Å². The van der Waals surface area contributed by atoms with Gasteiger partial charge in [0, 0.05) is 13.6 Å². The minimum atomic E-state index is -0.238. The molecule has 23 heavy (non-hydrogen) atoms. The third-order valence-corrected chi connectivity index (χ3v) is 3.26. The van der Waals surface area contributed by atoms with Gasteiger partial charge in [-0.1, -0.05) is 17.3 Å². The number of aromatic nitrogens is 1. The molecule has 122 valence electrons. The summed E-state index contributed by atoms with van der Waals surface area (Å²) in [5, 5.41) is 9.05. The van der Waals surface area contributed by atoms with E-state index in [-0.39, 0.29) is 18.4 Å². The van der Waals surface area contributed by atoms with Crippen molar-refractivity contribution in [2.45, 2.75) is 20.4 Å². The smallest absolute Gasteiger partial charge is 0.257 e. The van der Waals surface area contributed by atoms with Crippen LogP contribution in [0.4, 0.5) is 0 Å². The Morgan fingerprint density at radius 2 is 2.09 bits per heavy atom. The first-order chi connectivity index (χ1) is 11.0. The van der Waals surface area contributed by atoms with Gasteiger partial charge in [0.2, 0.25) is 0 Å². The molecule has 2 rings (SSSR count). The van der Waals surface area contributed by atoms with E-state index in [0.717, 1.165) is 5.56 Å². The van der Waals surface area contributed by atoms with Crippen LogP contribution in [0.15, 0.2) is 28.8 Å².